The van der Waals surface area contributed by atoms with Crippen LogP contribution in [0.4, 0.5) is 5.69 Å². The number of rotatable bonds is 7. The molecule has 0 aliphatic rings. The van der Waals surface area contributed by atoms with Gasteiger partial charge in [-0.15, -0.1) is 0 Å². The number of benzene rings is 3. The van der Waals surface area contributed by atoms with Gasteiger partial charge in [0.25, 0.3) is 15.9 Å². The van der Waals surface area contributed by atoms with Crippen LogP contribution in [-0.4, -0.2) is 26.6 Å². The summed E-state index contributed by atoms with van der Waals surface area (Å²) in [5, 5.41) is 4.72. The van der Waals surface area contributed by atoms with Gasteiger partial charge in [0.1, 0.15) is 6.54 Å². The summed E-state index contributed by atoms with van der Waals surface area (Å²) in [5.74, 6) is -0.557. The van der Waals surface area contributed by atoms with E-state index < -0.39 is 22.5 Å². The van der Waals surface area contributed by atoms with E-state index in [1.54, 1.807) is 67.6 Å². The van der Waals surface area contributed by atoms with Crippen LogP contribution in [0.1, 0.15) is 29.2 Å². The first-order valence-corrected chi connectivity index (χ1v) is 12.1. The Morgan fingerprint density at radius 2 is 1.48 bits per heavy atom. The lowest BCUT2D eigenvalue weighted by atomic mass is 10.1. The second kappa shape index (κ2) is 10.2. The molecule has 0 radical (unpaired) electrons. The maximum absolute atomic E-state index is 13.5. The van der Waals surface area contributed by atoms with E-state index in [4.69, 9.17) is 11.6 Å². The van der Waals surface area contributed by atoms with Crippen molar-refractivity contribution in [2.45, 2.75) is 32.6 Å². The average molecular weight is 484 g/mol. The van der Waals surface area contributed by atoms with Gasteiger partial charge in [-0.05, 0) is 80.8 Å². The third-order valence-corrected chi connectivity index (χ3v) is 7.04. The van der Waals surface area contributed by atoms with Gasteiger partial charge in [0.15, 0.2) is 0 Å². The molecule has 0 aromatic heterocycles. The molecule has 0 saturated carbocycles. The Balaban J connectivity index is 1.91. The van der Waals surface area contributed by atoms with Crippen LogP contribution in [0.25, 0.3) is 0 Å². The van der Waals surface area contributed by atoms with Gasteiger partial charge in [-0.2, -0.15) is 5.10 Å². The quantitative estimate of drug-likeness (QED) is 0.379. The average Bonchev–Trinajstić information content (AvgIpc) is 2.75. The summed E-state index contributed by atoms with van der Waals surface area (Å²) in [5.41, 5.74) is 6.98. The monoisotopic (exact) mass is 483 g/mol. The van der Waals surface area contributed by atoms with E-state index in [0.29, 0.717) is 16.4 Å². The van der Waals surface area contributed by atoms with E-state index >= 15 is 0 Å². The highest BCUT2D eigenvalue weighted by molar-refractivity contribution is 7.92. The number of hydrazone groups is 1. The maximum Gasteiger partial charge on any atom is 0.264 e. The molecule has 33 heavy (non-hydrogen) atoms. The minimum atomic E-state index is -3.99. The van der Waals surface area contributed by atoms with Crippen LogP contribution in [0.5, 0.6) is 0 Å². The zero-order chi connectivity index (χ0) is 24.2. The van der Waals surface area contributed by atoms with Crippen molar-refractivity contribution in [3.05, 3.63) is 94.0 Å². The molecule has 172 valence electrons. The van der Waals surface area contributed by atoms with Crippen molar-refractivity contribution in [2.24, 2.45) is 5.10 Å². The minimum Gasteiger partial charge on any atom is -0.271 e. The van der Waals surface area contributed by atoms with Gasteiger partial charge < -0.3 is 0 Å². The second-order valence-electron chi connectivity index (χ2n) is 7.91. The molecule has 0 atom stereocenters. The SMILES string of the molecule is C/C(=N/NC(=O)CN(c1cc(C)cc(C)c1)S(=O)(=O)c1ccc(C)cc1)c1ccc(Cl)cc1. The summed E-state index contributed by atoms with van der Waals surface area (Å²) in [6.07, 6.45) is 0. The highest BCUT2D eigenvalue weighted by Crippen LogP contribution is 2.26. The molecule has 0 aliphatic carbocycles. The van der Waals surface area contributed by atoms with Crippen molar-refractivity contribution in [3.8, 4) is 0 Å². The fraction of sp³-hybridized carbons (Fsp3) is 0.200. The van der Waals surface area contributed by atoms with Crippen LogP contribution in [-0.2, 0) is 14.8 Å². The number of carbonyl (C=O) groups is 1. The third-order valence-electron chi connectivity index (χ3n) is 5.00. The number of hydrogen-bond donors (Lipinski definition) is 1. The highest BCUT2D eigenvalue weighted by Gasteiger charge is 2.27. The van der Waals surface area contributed by atoms with Crippen LogP contribution in [0.2, 0.25) is 5.02 Å². The van der Waals surface area contributed by atoms with E-state index in [9.17, 15) is 13.2 Å². The molecular weight excluding hydrogens is 458 g/mol. The number of amides is 1. The minimum absolute atomic E-state index is 0.112. The predicted molar refractivity (Wildman–Crippen MR) is 133 cm³/mol. The van der Waals surface area contributed by atoms with E-state index in [1.807, 2.05) is 26.8 Å². The Labute approximate surface area is 200 Å². The number of hydrogen-bond acceptors (Lipinski definition) is 4. The lowest BCUT2D eigenvalue weighted by Gasteiger charge is -2.24. The molecule has 1 N–H and O–H groups in total. The molecule has 0 saturated heterocycles. The van der Waals surface area contributed by atoms with Crippen molar-refractivity contribution in [1.29, 1.82) is 0 Å². The first-order chi connectivity index (χ1) is 15.6. The Kier molecular flexibility index (Phi) is 7.56. The fourth-order valence-corrected chi connectivity index (χ4v) is 4.85. The number of anilines is 1. The van der Waals surface area contributed by atoms with Gasteiger partial charge in [-0.25, -0.2) is 13.8 Å². The van der Waals surface area contributed by atoms with Crippen LogP contribution in [0, 0.1) is 20.8 Å². The Morgan fingerprint density at radius 1 is 0.909 bits per heavy atom. The number of sulfonamides is 1. The lowest BCUT2D eigenvalue weighted by molar-refractivity contribution is -0.119. The zero-order valence-electron chi connectivity index (χ0n) is 19.0. The molecule has 0 heterocycles. The second-order valence-corrected chi connectivity index (χ2v) is 10.2. The summed E-state index contributed by atoms with van der Waals surface area (Å²) in [4.78, 5) is 12.9. The molecule has 3 rings (SSSR count). The number of aryl methyl sites for hydroxylation is 3. The first kappa shape index (κ1) is 24.5. The summed E-state index contributed by atoms with van der Waals surface area (Å²) >= 11 is 5.91. The van der Waals surface area contributed by atoms with E-state index in [2.05, 4.69) is 10.5 Å². The number of carbonyl (C=O) groups excluding carboxylic acids is 1. The Morgan fingerprint density at radius 3 is 2.06 bits per heavy atom. The van der Waals surface area contributed by atoms with Gasteiger partial charge >= 0.3 is 0 Å². The maximum atomic E-state index is 13.5. The van der Waals surface area contributed by atoms with Crippen molar-refractivity contribution in [1.82, 2.24) is 5.43 Å². The lowest BCUT2D eigenvalue weighted by Crippen LogP contribution is -2.39. The molecule has 8 heteroatoms. The fourth-order valence-electron chi connectivity index (χ4n) is 3.31. The molecule has 3 aromatic rings. The van der Waals surface area contributed by atoms with Gasteiger partial charge in [0, 0.05) is 5.02 Å². The highest BCUT2D eigenvalue weighted by atomic mass is 35.5. The molecule has 0 unspecified atom stereocenters. The van der Waals surface area contributed by atoms with Gasteiger partial charge in [-0.3, -0.25) is 9.10 Å². The molecule has 1 amide bonds. The summed E-state index contributed by atoms with van der Waals surface area (Å²) in [7, 11) is -3.99. The van der Waals surface area contributed by atoms with Gasteiger partial charge in [-0.1, -0.05) is 47.5 Å². The van der Waals surface area contributed by atoms with E-state index in [-0.39, 0.29) is 4.90 Å². The molecule has 0 aliphatic heterocycles. The van der Waals surface area contributed by atoms with Crippen LogP contribution in [0.15, 0.2) is 76.7 Å². The summed E-state index contributed by atoms with van der Waals surface area (Å²) < 4.78 is 28.1. The van der Waals surface area contributed by atoms with E-state index in [1.165, 1.54) is 0 Å². The van der Waals surface area contributed by atoms with E-state index in [0.717, 1.165) is 26.6 Å². The van der Waals surface area contributed by atoms with Crippen molar-refractivity contribution >= 4 is 38.9 Å². The molecule has 0 fully saturated rings. The Bertz CT molecular complexity index is 1270. The topological polar surface area (TPSA) is 78.8 Å². The third kappa shape index (κ3) is 6.21. The molecular formula is C25H26ClN3O3S. The number of nitrogens with one attached hydrogen (secondary N) is 1. The van der Waals surface area contributed by atoms with Gasteiger partial charge in [0.2, 0.25) is 0 Å². The summed E-state index contributed by atoms with van der Waals surface area (Å²) in [6.45, 7) is 6.97. The zero-order valence-corrected chi connectivity index (χ0v) is 20.5. The normalized spacial score (nSPS) is 11.8. The molecule has 0 spiro atoms. The van der Waals surface area contributed by atoms with Crippen molar-refractivity contribution < 1.29 is 13.2 Å². The molecule has 6 nitrogen and oxygen atoms in total. The Hall–Kier alpha value is -3.16. The van der Waals surface area contributed by atoms with Gasteiger partial charge in [0.05, 0.1) is 16.3 Å². The molecule has 3 aromatic carbocycles. The standard InChI is InChI=1S/C25H26ClN3O3S/c1-17-5-11-24(12-6-17)33(31,32)29(23-14-18(2)13-19(3)15-23)16-25(30)28-27-20(4)21-7-9-22(26)10-8-21/h5-15H,16H2,1-4H3,(H,28,30)/b27-20-. The van der Waals surface area contributed by atoms with Crippen LogP contribution in [0.3, 0.4) is 0 Å². The number of halogens is 1. The molecule has 0 bridgehead atoms. The number of nitrogens with zero attached hydrogens (tertiary/aromatic N) is 2. The smallest absolute Gasteiger partial charge is 0.264 e. The summed E-state index contributed by atoms with van der Waals surface area (Å²) in [6, 6.07) is 19.0. The van der Waals surface area contributed by atoms with Crippen LogP contribution >= 0.6 is 11.6 Å². The largest absolute Gasteiger partial charge is 0.271 e. The van der Waals surface area contributed by atoms with Crippen molar-refractivity contribution in [2.75, 3.05) is 10.8 Å². The first-order valence-electron chi connectivity index (χ1n) is 10.3. The van der Waals surface area contributed by atoms with Crippen molar-refractivity contribution in [3.63, 3.8) is 0 Å². The van der Waals surface area contributed by atoms with Crippen LogP contribution < -0.4 is 9.73 Å². The predicted octanol–water partition coefficient (Wildman–Crippen LogP) is 5.00.